The normalized spacial score (nSPS) is 14.7. The second-order valence-corrected chi connectivity index (χ2v) is 5.49. The lowest BCUT2D eigenvalue weighted by molar-refractivity contribution is -0.112. The largest absolute Gasteiger partial charge is 0.320 e. The van der Waals surface area contributed by atoms with E-state index in [1.807, 2.05) is 54.6 Å². The number of halogens is 1. The molecule has 0 bridgehead atoms. The van der Waals surface area contributed by atoms with Gasteiger partial charge in [0.05, 0.1) is 5.69 Å². The Hall–Kier alpha value is -1.71. The predicted molar refractivity (Wildman–Crippen MR) is 80.1 cm³/mol. The number of thioether (sulfide) groups is 1. The fourth-order valence-corrected chi connectivity index (χ4v) is 3.17. The minimum atomic E-state index is -0.266. The lowest BCUT2D eigenvalue weighted by atomic mass is 10.2. The number of anilines is 1. The Kier molecular flexibility index (Phi) is 3.32. The second-order valence-electron chi connectivity index (χ2n) is 4.06. The molecule has 3 rings (SSSR count). The highest BCUT2D eigenvalue weighted by molar-refractivity contribution is 8.08. The maximum absolute atomic E-state index is 12.0. The molecule has 0 fully saturated rings. The van der Waals surface area contributed by atoms with Crippen molar-refractivity contribution in [2.45, 2.75) is 4.90 Å². The second kappa shape index (κ2) is 5.11. The van der Waals surface area contributed by atoms with E-state index >= 15 is 0 Å². The third-order valence-corrected chi connectivity index (χ3v) is 4.47. The zero-order valence-corrected chi connectivity index (χ0v) is 11.5. The monoisotopic (exact) mass is 287 g/mol. The number of benzene rings is 2. The van der Waals surface area contributed by atoms with Crippen molar-refractivity contribution in [1.29, 1.82) is 0 Å². The number of nitrogens with one attached hydrogen (secondary N) is 1. The van der Waals surface area contributed by atoms with Crippen molar-refractivity contribution in [2.75, 3.05) is 5.32 Å². The maximum atomic E-state index is 12.0. The quantitative estimate of drug-likeness (QED) is 0.845. The molecule has 2 aromatic rings. The third-order valence-electron chi connectivity index (χ3n) is 2.78. The van der Waals surface area contributed by atoms with E-state index in [1.165, 1.54) is 11.8 Å². The van der Waals surface area contributed by atoms with Crippen molar-refractivity contribution in [1.82, 2.24) is 0 Å². The molecule has 1 aliphatic heterocycles. The molecule has 1 aliphatic rings. The van der Waals surface area contributed by atoms with E-state index in [2.05, 4.69) is 5.32 Å². The molecule has 2 nitrogen and oxygen atoms in total. The van der Waals surface area contributed by atoms with Crippen LogP contribution in [-0.4, -0.2) is 5.91 Å². The van der Waals surface area contributed by atoms with Crippen LogP contribution in [0.25, 0.3) is 4.91 Å². The van der Waals surface area contributed by atoms with Gasteiger partial charge in [0.15, 0.2) is 0 Å². The average Bonchev–Trinajstić information content (AvgIpc) is 2.58. The molecule has 0 aliphatic carbocycles. The Labute approximate surface area is 120 Å². The molecule has 0 aromatic heterocycles. The number of fused-ring (bicyclic) bond motifs is 1. The number of carbonyl (C=O) groups excluding carboxylic acids is 1. The summed E-state index contributed by atoms with van der Waals surface area (Å²) >= 11 is 7.72. The van der Waals surface area contributed by atoms with Gasteiger partial charge in [-0.2, -0.15) is 0 Å². The molecule has 0 saturated heterocycles. The lowest BCUT2D eigenvalue weighted by Gasteiger charge is -2.07. The van der Waals surface area contributed by atoms with Gasteiger partial charge in [-0.15, -0.1) is 0 Å². The highest BCUT2D eigenvalue weighted by atomic mass is 35.5. The first-order valence-corrected chi connectivity index (χ1v) is 6.98. The molecule has 0 unspecified atom stereocenters. The van der Waals surface area contributed by atoms with Crippen molar-refractivity contribution in [2.24, 2.45) is 0 Å². The predicted octanol–water partition coefficient (Wildman–Crippen LogP) is 4.34. The fraction of sp³-hybridized carbons (Fsp3) is 0. The molecule has 2 aromatic carbocycles. The Morgan fingerprint density at radius 1 is 0.947 bits per heavy atom. The zero-order valence-electron chi connectivity index (χ0n) is 9.89. The van der Waals surface area contributed by atoms with Gasteiger partial charge in [-0.05, 0) is 17.7 Å². The van der Waals surface area contributed by atoms with Crippen LogP contribution in [0.1, 0.15) is 5.56 Å². The van der Waals surface area contributed by atoms with Crippen molar-refractivity contribution in [3.8, 4) is 0 Å². The number of hydrogen-bond donors (Lipinski definition) is 1. The first-order chi connectivity index (χ1) is 9.25. The molecule has 1 heterocycles. The molecule has 0 radical (unpaired) electrons. The van der Waals surface area contributed by atoms with Crippen molar-refractivity contribution in [3.63, 3.8) is 0 Å². The van der Waals surface area contributed by atoms with E-state index in [0.717, 1.165) is 21.1 Å². The summed E-state index contributed by atoms with van der Waals surface area (Å²) < 4.78 is 0. The highest BCUT2D eigenvalue weighted by Crippen LogP contribution is 2.43. The number of amides is 1. The molecule has 94 valence electrons. The summed E-state index contributed by atoms with van der Waals surface area (Å²) in [4.78, 5) is 13.8. The van der Waals surface area contributed by atoms with Crippen molar-refractivity contribution >= 4 is 39.9 Å². The molecule has 1 N–H and O–H groups in total. The summed E-state index contributed by atoms with van der Waals surface area (Å²) in [6.07, 6.45) is 0. The standard InChI is InChI=1S/C15H10ClNOS/c16-13-14(10-6-2-1-3-7-10)19-12-9-5-4-8-11(12)17-15(13)18/h1-9H,(H,17,18). The van der Waals surface area contributed by atoms with E-state index < -0.39 is 0 Å². The summed E-state index contributed by atoms with van der Waals surface area (Å²) in [6, 6.07) is 17.4. The van der Waals surface area contributed by atoms with E-state index in [4.69, 9.17) is 11.6 Å². The first-order valence-electron chi connectivity index (χ1n) is 5.79. The molecular weight excluding hydrogens is 278 g/mol. The number of rotatable bonds is 1. The average molecular weight is 288 g/mol. The van der Waals surface area contributed by atoms with Gasteiger partial charge in [0.1, 0.15) is 5.03 Å². The Morgan fingerprint density at radius 2 is 1.63 bits per heavy atom. The summed E-state index contributed by atoms with van der Waals surface area (Å²) in [7, 11) is 0. The van der Waals surface area contributed by atoms with E-state index in [1.54, 1.807) is 0 Å². The fourth-order valence-electron chi connectivity index (χ4n) is 1.87. The summed E-state index contributed by atoms with van der Waals surface area (Å²) in [5.41, 5.74) is 1.74. The van der Waals surface area contributed by atoms with Crippen LogP contribution >= 0.6 is 23.4 Å². The van der Waals surface area contributed by atoms with Gasteiger partial charge in [-0.3, -0.25) is 4.79 Å². The van der Waals surface area contributed by atoms with Gasteiger partial charge in [-0.1, -0.05) is 65.8 Å². The van der Waals surface area contributed by atoms with Gasteiger partial charge in [0, 0.05) is 9.80 Å². The van der Waals surface area contributed by atoms with Crippen molar-refractivity contribution < 1.29 is 4.79 Å². The molecule has 0 spiro atoms. The summed E-state index contributed by atoms with van der Waals surface area (Å²) in [6.45, 7) is 0. The van der Waals surface area contributed by atoms with Crippen LogP contribution in [0.4, 0.5) is 5.69 Å². The molecule has 0 saturated carbocycles. The van der Waals surface area contributed by atoms with Crippen molar-refractivity contribution in [3.05, 3.63) is 65.2 Å². The number of hydrogen-bond acceptors (Lipinski definition) is 2. The van der Waals surface area contributed by atoms with Gasteiger partial charge in [0.2, 0.25) is 0 Å². The molecule has 1 amide bonds. The smallest absolute Gasteiger partial charge is 0.268 e. The number of para-hydroxylation sites is 1. The van der Waals surface area contributed by atoms with Crippen LogP contribution in [0, 0.1) is 0 Å². The van der Waals surface area contributed by atoms with Gasteiger partial charge >= 0.3 is 0 Å². The van der Waals surface area contributed by atoms with E-state index in [9.17, 15) is 4.79 Å². The van der Waals surface area contributed by atoms with Crippen LogP contribution in [0.2, 0.25) is 0 Å². The highest BCUT2D eigenvalue weighted by Gasteiger charge is 2.22. The molecule has 19 heavy (non-hydrogen) atoms. The SMILES string of the molecule is O=C1Nc2ccccc2SC(c2ccccc2)=C1Cl. The van der Waals surface area contributed by atoms with Crippen LogP contribution in [0.15, 0.2) is 64.5 Å². The minimum absolute atomic E-state index is 0.229. The van der Waals surface area contributed by atoms with Crippen LogP contribution in [0.5, 0.6) is 0 Å². The van der Waals surface area contributed by atoms with Gasteiger partial charge < -0.3 is 5.32 Å². The Morgan fingerprint density at radius 3 is 2.42 bits per heavy atom. The number of carbonyl (C=O) groups is 1. The molecule has 0 atom stereocenters. The first kappa shape index (κ1) is 12.3. The minimum Gasteiger partial charge on any atom is -0.320 e. The maximum Gasteiger partial charge on any atom is 0.268 e. The zero-order chi connectivity index (χ0) is 13.2. The summed E-state index contributed by atoms with van der Waals surface area (Å²) in [5.74, 6) is -0.266. The Bertz CT molecular complexity index is 667. The van der Waals surface area contributed by atoms with Gasteiger partial charge in [-0.25, -0.2) is 0 Å². The lowest BCUT2D eigenvalue weighted by Crippen LogP contribution is -2.11. The summed E-state index contributed by atoms with van der Waals surface area (Å²) in [5, 5.41) is 3.05. The third kappa shape index (κ3) is 2.39. The topological polar surface area (TPSA) is 29.1 Å². The van der Waals surface area contributed by atoms with E-state index in [-0.39, 0.29) is 10.9 Å². The van der Waals surface area contributed by atoms with Crippen LogP contribution in [0.3, 0.4) is 0 Å². The van der Waals surface area contributed by atoms with Crippen LogP contribution in [-0.2, 0) is 4.79 Å². The van der Waals surface area contributed by atoms with Gasteiger partial charge in [0.25, 0.3) is 5.91 Å². The molecule has 4 heteroatoms. The molecular formula is C15H10ClNOS. The Balaban J connectivity index is 2.13. The van der Waals surface area contributed by atoms with Crippen LogP contribution < -0.4 is 5.32 Å². The van der Waals surface area contributed by atoms with E-state index in [0.29, 0.717) is 0 Å².